The van der Waals surface area contributed by atoms with Crippen LogP contribution in [-0.4, -0.2) is 25.7 Å². The van der Waals surface area contributed by atoms with Crippen molar-refractivity contribution in [1.82, 2.24) is 4.57 Å². The molecule has 6 aromatic rings. The molecule has 0 N–H and O–H groups in total. The average Bonchev–Trinajstić information content (AvgIpc) is 3.39. The van der Waals surface area contributed by atoms with Gasteiger partial charge in [-0.15, -0.1) is 0 Å². The molecule has 7 rings (SSSR count). The fourth-order valence-corrected chi connectivity index (χ4v) is 8.83. The summed E-state index contributed by atoms with van der Waals surface area (Å²) < 4.78 is 5.59. The quantitative estimate of drug-likeness (QED) is 0.248. The molecule has 1 aromatic heterocycles. The van der Waals surface area contributed by atoms with Crippen LogP contribution in [0.25, 0.3) is 49.7 Å². The summed E-state index contributed by atoms with van der Waals surface area (Å²) in [6.45, 7) is 0. The Bertz CT molecular complexity index is 1640. The number of nitrogens with zero attached hydrogens (tertiary/aromatic N) is 1. The Balaban J connectivity index is 1.47. The van der Waals surface area contributed by atoms with Crippen molar-refractivity contribution in [2.24, 2.45) is 0 Å². The number of aromatic nitrogens is 1. The van der Waals surface area contributed by atoms with Crippen molar-refractivity contribution in [3.8, 4) is 27.9 Å². The number of hydrogen-bond donors (Lipinski definition) is 0. The maximum atomic E-state index is 2.42. The molecule has 2 heterocycles. The molecule has 0 fully saturated rings. The topological polar surface area (TPSA) is 4.93 Å². The third-order valence-electron chi connectivity index (χ3n) is 6.53. The van der Waals surface area contributed by atoms with Crippen LogP contribution in [0.1, 0.15) is 0 Å². The predicted octanol–water partition coefficient (Wildman–Crippen LogP) is 6.09. The molecule has 1 nitrogen and oxygen atoms in total. The van der Waals surface area contributed by atoms with Gasteiger partial charge in [-0.1, -0.05) is 0 Å². The molecule has 0 bridgehead atoms. The van der Waals surface area contributed by atoms with Gasteiger partial charge in [0.05, 0.1) is 0 Å². The van der Waals surface area contributed by atoms with Crippen molar-refractivity contribution in [2.75, 3.05) is 0 Å². The summed E-state index contributed by atoms with van der Waals surface area (Å²) >= 11 is -0.662. The number of fused-ring (bicyclic) bond motifs is 6. The Labute approximate surface area is 197 Å². The summed E-state index contributed by atoms with van der Waals surface area (Å²) in [4.78, 5) is 0. The zero-order chi connectivity index (χ0) is 21.1. The summed E-state index contributed by atoms with van der Waals surface area (Å²) in [6, 6.07) is 42.4. The summed E-state index contributed by atoms with van der Waals surface area (Å²) in [7, 11) is 0. The fraction of sp³-hybridized carbons (Fsp3) is 0. The first-order valence-corrected chi connectivity index (χ1v) is 13.8. The van der Waals surface area contributed by atoms with Crippen molar-refractivity contribution in [1.29, 1.82) is 0 Å². The van der Waals surface area contributed by atoms with E-state index < -0.39 is 21.1 Å². The minimum absolute atomic E-state index is 0.662. The van der Waals surface area contributed by atoms with Crippen molar-refractivity contribution in [3.63, 3.8) is 0 Å². The minimum atomic E-state index is -0.662. The number of rotatable bonds is 2. The molecule has 0 amide bonds. The summed E-state index contributed by atoms with van der Waals surface area (Å²) in [5.74, 6) is 0. The molecule has 0 unspecified atom stereocenters. The fourth-order valence-electron chi connectivity index (χ4n) is 5.03. The molecule has 0 atom stereocenters. The predicted molar refractivity (Wildman–Crippen MR) is 137 cm³/mol. The van der Waals surface area contributed by atoms with Crippen molar-refractivity contribution < 1.29 is 0 Å². The Kier molecular flexibility index (Phi) is 4.06. The van der Waals surface area contributed by atoms with E-state index in [-0.39, 0.29) is 0 Å². The van der Waals surface area contributed by atoms with Crippen LogP contribution in [0.2, 0.25) is 0 Å². The van der Waals surface area contributed by atoms with E-state index in [0.29, 0.717) is 0 Å². The van der Waals surface area contributed by atoms with Gasteiger partial charge >= 0.3 is 198 Å². The third kappa shape index (κ3) is 2.71. The van der Waals surface area contributed by atoms with Crippen LogP contribution in [0.3, 0.4) is 0 Å². The third-order valence-corrected chi connectivity index (χ3v) is 10.6. The zero-order valence-corrected chi connectivity index (χ0v) is 20.3. The summed E-state index contributed by atoms with van der Waals surface area (Å²) in [5, 5.41) is 2.60. The molecule has 0 saturated heterocycles. The number of hydrogen-bond acceptors (Lipinski definition) is 0. The summed E-state index contributed by atoms with van der Waals surface area (Å²) in [6.07, 6.45) is 0. The second kappa shape index (κ2) is 7.11. The number of para-hydroxylation sites is 2. The Morgan fingerprint density at radius 2 is 1.16 bits per heavy atom. The molecule has 32 heavy (non-hydrogen) atoms. The Hall–Kier alpha value is -3.30. The molecular formula is C30H19NSn. The van der Waals surface area contributed by atoms with Crippen LogP contribution in [-0.2, 0) is 0 Å². The first-order valence-electron chi connectivity index (χ1n) is 11.0. The zero-order valence-electron chi connectivity index (χ0n) is 17.4. The number of benzene rings is 5. The van der Waals surface area contributed by atoms with Crippen LogP contribution in [0.4, 0.5) is 0 Å². The standard InChI is InChI=1S/C30H19N.Sn/c1-3-10-22(11-4-1)23-12-9-13-24(20-23)25-18-19-28-27-16-7-8-17-29(27)31(30(28)21-25)26-14-5-2-6-15-26;/h1-10,13-21H;. The van der Waals surface area contributed by atoms with E-state index in [1.807, 2.05) is 0 Å². The Morgan fingerprint density at radius 3 is 2.09 bits per heavy atom. The SMILES string of the molecule is c1ccc(-n2c3ccccc3c3ccc(-c4cc[c]5c(c4)-c4cccc[c]4[Sn]5)cc32)cc1. The molecule has 1 aliphatic rings. The van der Waals surface area contributed by atoms with Gasteiger partial charge in [0.1, 0.15) is 0 Å². The van der Waals surface area contributed by atoms with Gasteiger partial charge in [0.25, 0.3) is 0 Å². The van der Waals surface area contributed by atoms with Gasteiger partial charge in [0.2, 0.25) is 0 Å². The van der Waals surface area contributed by atoms with Crippen LogP contribution in [0.5, 0.6) is 0 Å². The van der Waals surface area contributed by atoms with Gasteiger partial charge in [0.15, 0.2) is 0 Å². The van der Waals surface area contributed by atoms with E-state index in [2.05, 4.69) is 120 Å². The molecule has 1 aliphatic heterocycles. The van der Waals surface area contributed by atoms with Crippen molar-refractivity contribution in [3.05, 3.63) is 115 Å². The Morgan fingerprint density at radius 1 is 0.469 bits per heavy atom. The first kappa shape index (κ1) is 18.3. The monoisotopic (exact) mass is 513 g/mol. The van der Waals surface area contributed by atoms with Crippen molar-refractivity contribution >= 4 is 50.1 Å². The van der Waals surface area contributed by atoms with Crippen LogP contribution < -0.4 is 7.16 Å². The van der Waals surface area contributed by atoms with E-state index in [0.717, 1.165) is 0 Å². The van der Waals surface area contributed by atoms with Gasteiger partial charge < -0.3 is 0 Å². The average molecular weight is 512 g/mol. The van der Waals surface area contributed by atoms with E-state index in [1.165, 1.54) is 49.7 Å². The molecule has 2 radical (unpaired) electrons. The summed E-state index contributed by atoms with van der Waals surface area (Å²) in [5.41, 5.74) is 9.19. The van der Waals surface area contributed by atoms with Crippen LogP contribution in [0, 0.1) is 0 Å². The van der Waals surface area contributed by atoms with E-state index in [4.69, 9.17) is 0 Å². The second-order valence-electron chi connectivity index (χ2n) is 8.35. The van der Waals surface area contributed by atoms with Crippen molar-refractivity contribution in [2.45, 2.75) is 0 Å². The van der Waals surface area contributed by atoms with E-state index in [1.54, 1.807) is 7.16 Å². The van der Waals surface area contributed by atoms with Crippen LogP contribution >= 0.6 is 0 Å². The second-order valence-corrected chi connectivity index (χ2v) is 12.1. The van der Waals surface area contributed by atoms with Gasteiger partial charge in [-0.05, 0) is 0 Å². The van der Waals surface area contributed by atoms with Gasteiger partial charge in [-0.3, -0.25) is 0 Å². The molecule has 5 aromatic carbocycles. The van der Waals surface area contributed by atoms with E-state index in [9.17, 15) is 0 Å². The molecule has 2 heteroatoms. The van der Waals surface area contributed by atoms with Gasteiger partial charge in [-0.25, -0.2) is 0 Å². The molecule has 0 spiro atoms. The maximum absolute atomic E-state index is 2.42. The van der Waals surface area contributed by atoms with E-state index >= 15 is 0 Å². The normalized spacial score (nSPS) is 12.2. The van der Waals surface area contributed by atoms with Gasteiger partial charge in [-0.2, -0.15) is 0 Å². The first-order chi connectivity index (χ1) is 15.9. The van der Waals surface area contributed by atoms with Crippen LogP contribution in [0.15, 0.2) is 115 Å². The molecule has 148 valence electrons. The molecule has 0 aliphatic carbocycles. The van der Waals surface area contributed by atoms with Gasteiger partial charge in [0, 0.05) is 0 Å². The molecule has 0 saturated carbocycles. The molecular weight excluding hydrogens is 493 g/mol.